The summed E-state index contributed by atoms with van der Waals surface area (Å²) in [6, 6.07) is 13.1. The molecule has 2 aromatic carbocycles. The van der Waals surface area contributed by atoms with Gasteiger partial charge in [0.2, 0.25) is 5.90 Å². The first-order chi connectivity index (χ1) is 12.1. The Labute approximate surface area is 156 Å². The second-order valence-corrected chi connectivity index (χ2v) is 6.62. The minimum atomic E-state index is -0.476. The molecule has 0 saturated heterocycles. The van der Waals surface area contributed by atoms with Crippen molar-refractivity contribution in [1.29, 1.82) is 0 Å². The predicted octanol–water partition coefficient (Wildman–Crippen LogP) is 5.68. The number of carbonyl (C=O) groups excluding carboxylic acids is 1. The van der Waals surface area contributed by atoms with E-state index in [1.165, 1.54) is 5.56 Å². The Morgan fingerprint density at radius 3 is 2.52 bits per heavy atom. The van der Waals surface area contributed by atoms with Crippen LogP contribution in [0.3, 0.4) is 0 Å². The molecule has 3 rings (SSSR count). The lowest BCUT2D eigenvalue weighted by atomic mass is 10.1. The van der Waals surface area contributed by atoms with Crippen LogP contribution in [0.4, 0.5) is 0 Å². The maximum absolute atomic E-state index is 12.1. The monoisotopic (exact) mass is 373 g/mol. The van der Waals surface area contributed by atoms with E-state index >= 15 is 0 Å². The van der Waals surface area contributed by atoms with Gasteiger partial charge in [0.25, 0.3) is 0 Å². The summed E-state index contributed by atoms with van der Waals surface area (Å²) in [5.74, 6) is -0.158. The molecule has 0 aliphatic carbocycles. The number of hydrogen-bond donors (Lipinski definition) is 0. The van der Waals surface area contributed by atoms with Gasteiger partial charge in [-0.1, -0.05) is 54.7 Å². The summed E-state index contributed by atoms with van der Waals surface area (Å²) >= 11 is 11.9. The van der Waals surface area contributed by atoms with Crippen LogP contribution in [0.1, 0.15) is 36.5 Å². The van der Waals surface area contributed by atoms with Gasteiger partial charge in [0, 0.05) is 5.56 Å². The maximum atomic E-state index is 12.1. The minimum Gasteiger partial charge on any atom is -0.402 e. The molecule has 0 atom stereocenters. The highest BCUT2D eigenvalue weighted by Gasteiger charge is 2.24. The first kappa shape index (κ1) is 17.7. The lowest BCUT2D eigenvalue weighted by molar-refractivity contribution is -0.129. The van der Waals surface area contributed by atoms with E-state index in [0.717, 1.165) is 30.4 Å². The number of benzene rings is 2. The molecule has 0 spiro atoms. The molecule has 0 amide bonds. The Balaban J connectivity index is 1.82. The van der Waals surface area contributed by atoms with Crippen LogP contribution in [-0.2, 0) is 16.0 Å². The molecule has 0 fully saturated rings. The van der Waals surface area contributed by atoms with Crippen molar-refractivity contribution in [2.24, 2.45) is 4.99 Å². The van der Waals surface area contributed by atoms with Crippen LogP contribution >= 0.6 is 23.2 Å². The van der Waals surface area contributed by atoms with Gasteiger partial charge in [0.15, 0.2) is 5.70 Å². The number of halogens is 2. The molecular formula is C20H17Cl2NO2. The summed E-state index contributed by atoms with van der Waals surface area (Å²) in [6.45, 7) is 2.17. The number of hydrogen-bond acceptors (Lipinski definition) is 3. The largest absolute Gasteiger partial charge is 0.402 e. The van der Waals surface area contributed by atoms with E-state index < -0.39 is 5.97 Å². The fourth-order valence-electron chi connectivity index (χ4n) is 2.49. The molecule has 1 heterocycles. The van der Waals surface area contributed by atoms with Gasteiger partial charge in [-0.2, -0.15) is 0 Å². The molecular weight excluding hydrogens is 357 g/mol. The van der Waals surface area contributed by atoms with Gasteiger partial charge in [0.1, 0.15) is 0 Å². The Kier molecular flexibility index (Phi) is 5.57. The third-order valence-electron chi connectivity index (χ3n) is 3.89. The van der Waals surface area contributed by atoms with Gasteiger partial charge < -0.3 is 4.74 Å². The molecule has 128 valence electrons. The second kappa shape index (κ2) is 7.85. The molecule has 2 aromatic rings. The summed E-state index contributed by atoms with van der Waals surface area (Å²) in [5.41, 5.74) is 3.03. The van der Waals surface area contributed by atoms with E-state index in [2.05, 4.69) is 11.9 Å². The van der Waals surface area contributed by atoms with Crippen LogP contribution < -0.4 is 0 Å². The third-order valence-corrected chi connectivity index (χ3v) is 4.63. The second-order valence-electron chi connectivity index (χ2n) is 5.81. The Morgan fingerprint density at radius 1 is 1.08 bits per heavy atom. The standard InChI is InChI=1S/C20H17Cl2NO2/c1-2-3-4-13-5-8-15(9-6-13)19-23-18(20(24)25-19)12-14-7-10-16(21)17(22)11-14/h5-12H,2-4H2,1H3. The topological polar surface area (TPSA) is 38.7 Å². The van der Waals surface area contributed by atoms with Crippen molar-refractivity contribution < 1.29 is 9.53 Å². The van der Waals surface area contributed by atoms with E-state index in [9.17, 15) is 4.79 Å². The number of carbonyl (C=O) groups is 1. The SMILES string of the molecule is CCCCc1ccc(C2=NC(=Cc3ccc(Cl)c(Cl)c3)C(=O)O2)cc1. The summed E-state index contributed by atoms with van der Waals surface area (Å²) in [6.07, 6.45) is 5.00. The zero-order valence-electron chi connectivity index (χ0n) is 13.8. The number of esters is 1. The number of ether oxygens (including phenoxy) is 1. The lowest BCUT2D eigenvalue weighted by Gasteiger charge is -2.02. The van der Waals surface area contributed by atoms with E-state index in [0.29, 0.717) is 15.9 Å². The van der Waals surface area contributed by atoms with Crippen LogP contribution in [0.25, 0.3) is 6.08 Å². The highest BCUT2D eigenvalue weighted by Crippen LogP contribution is 2.25. The molecule has 0 N–H and O–H groups in total. The van der Waals surface area contributed by atoms with Gasteiger partial charge in [-0.15, -0.1) is 0 Å². The number of aryl methyl sites for hydroxylation is 1. The van der Waals surface area contributed by atoms with Gasteiger partial charge in [-0.25, -0.2) is 9.79 Å². The predicted molar refractivity (Wildman–Crippen MR) is 102 cm³/mol. The zero-order chi connectivity index (χ0) is 17.8. The summed E-state index contributed by atoms with van der Waals surface area (Å²) in [4.78, 5) is 16.4. The van der Waals surface area contributed by atoms with Crippen molar-refractivity contribution in [3.05, 3.63) is 74.9 Å². The molecule has 0 bridgehead atoms. The molecule has 1 aliphatic heterocycles. The van der Waals surface area contributed by atoms with Gasteiger partial charge in [0.05, 0.1) is 10.0 Å². The summed E-state index contributed by atoms with van der Waals surface area (Å²) in [7, 11) is 0. The number of aliphatic imine (C=N–C) groups is 1. The van der Waals surface area contributed by atoms with Gasteiger partial charge >= 0.3 is 5.97 Å². The highest BCUT2D eigenvalue weighted by atomic mass is 35.5. The van der Waals surface area contributed by atoms with Crippen molar-refractivity contribution in [3.8, 4) is 0 Å². The minimum absolute atomic E-state index is 0.239. The van der Waals surface area contributed by atoms with Crippen molar-refractivity contribution in [3.63, 3.8) is 0 Å². The molecule has 25 heavy (non-hydrogen) atoms. The molecule has 5 heteroatoms. The number of cyclic esters (lactones) is 1. The van der Waals surface area contributed by atoms with Crippen molar-refractivity contribution >= 4 is 41.1 Å². The summed E-state index contributed by atoms with van der Waals surface area (Å²) in [5, 5.41) is 0.888. The lowest BCUT2D eigenvalue weighted by Crippen LogP contribution is -2.05. The first-order valence-electron chi connectivity index (χ1n) is 8.13. The Morgan fingerprint density at radius 2 is 1.84 bits per heavy atom. The molecule has 0 saturated carbocycles. The Bertz CT molecular complexity index is 854. The average Bonchev–Trinajstić information content (AvgIpc) is 2.97. The molecule has 0 aromatic heterocycles. The molecule has 0 unspecified atom stereocenters. The third kappa shape index (κ3) is 4.30. The van der Waals surface area contributed by atoms with Crippen LogP contribution in [0.5, 0.6) is 0 Å². The van der Waals surface area contributed by atoms with Crippen molar-refractivity contribution in [1.82, 2.24) is 0 Å². The first-order valence-corrected chi connectivity index (χ1v) is 8.89. The summed E-state index contributed by atoms with van der Waals surface area (Å²) < 4.78 is 5.29. The fourth-order valence-corrected chi connectivity index (χ4v) is 2.79. The highest BCUT2D eigenvalue weighted by molar-refractivity contribution is 6.42. The van der Waals surface area contributed by atoms with E-state index in [1.807, 2.05) is 24.3 Å². The van der Waals surface area contributed by atoms with Crippen LogP contribution in [-0.4, -0.2) is 11.9 Å². The van der Waals surface area contributed by atoms with Crippen LogP contribution in [0, 0.1) is 0 Å². The number of nitrogens with zero attached hydrogens (tertiary/aromatic N) is 1. The van der Waals surface area contributed by atoms with Crippen molar-refractivity contribution in [2.45, 2.75) is 26.2 Å². The normalized spacial score (nSPS) is 15.4. The van der Waals surface area contributed by atoms with Gasteiger partial charge in [-0.3, -0.25) is 0 Å². The maximum Gasteiger partial charge on any atom is 0.363 e. The zero-order valence-corrected chi connectivity index (χ0v) is 15.3. The number of unbranched alkanes of at least 4 members (excludes halogenated alkanes) is 1. The Hall–Kier alpha value is -2.10. The molecule has 0 radical (unpaired) electrons. The van der Waals surface area contributed by atoms with Crippen molar-refractivity contribution in [2.75, 3.05) is 0 Å². The van der Waals surface area contributed by atoms with Crippen LogP contribution in [0.2, 0.25) is 10.0 Å². The smallest absolute Gasteiger partial charge is 0.363 e. The molecule has 3 nitrogen and oxygen atoms in total. The molecule has 1 aliphatic rings. The number of rotatable bonds is 5. The quantitative estimate of drug-likeness (QED) is 0.499. The van der Waals surface area contributed by atoms with E-state index in [-0.39, 0.29) is 5.70 Å². The van der Waals surface area contributed by atoms with Gasteiger partial charge in [-0.05, 0) is 54.3 Å². The van der Waals surface area contributed by atoms with Crippen LogP contribution in [0.15, 0.2) is 53.2 Å². The fraction of sp³-hybridized carbons (Fsp3) is 0.200. The van der Waals surface area contributed by atoms with E-state index in [4.69, 9.17) is 27.9 Å². The van der Waals surface area contributed by atoms with E-state index in [1.54, 1.807) is 24.3 Å². The average molecular weight is 374 g/mol.